The molecule has 40 heavy (non-hydrogen) atoms. The number of carbonyl (C=O) groups is 1. The summed E-state index contributed by atoms with van der Waals surface area (Å²) in [7, 11) is 0. The summed E-state index contributed by atoms with van der Waals surface area (Å²) in [6, 6.07) is 18.5. The first-order valence-electron chi connectivity index (χ1n) is 12.0. The van der Waals surface area contributed by atoms with Gasteiger partial charge in [0.05, 0.1) is 27.4 Å². The number of nitrogens with zero attached hydrogens (tertiary/aromatic N) is 3. The van der Waals surface area contributed by atoms with E-state index in [9.17, 15) is 22.8 Å². The van der Waals surface area contributed by atoms with Crippen LogP contribution in [0.25, 0.3) is 22.3 Å². The van der Waals surface area contributed by atoms with Gasteiger partial charge in [0.1, 0.15) is 11.6 Å². The molecule has 6 nitrogen and oxygen atoms in total. The van der Waals surface area contributed by atoms with Crippen molar-refractivity contribution in [2.75, 3.05) is 5.75 Å². The Morgan fingerprint density at radius 2 is 1.70 bits per heavy atom. The number of aryl methyl sites for hydroxylation is 1. The average Bonchev–Trinajstić information content (AvgIpc) is 3.23. The number of fused-ring (bicyclic) bond motifs is 1. The van der Waals surface area contributed by atoms with Gasteiger partial charge in [-0.2, -0.15) is 8.78 Å². The molecular formula is C29H21ClF3N3O3S. The van der Waals surface area contributed by atoms with Gasteiger partial charge in [-0.1, -0.05) is 35.5 Å². The Kier molecular flexibility index (Phi) is 7.73. The molecule has 2 heterocycles. The quantitative estimate of drug-likeness (QED) is 0.110. The number of carbonyl (C=O) groups excluding carboxylic acids is 1. The number of ketones is 1. The number of alkyl halides is 2. The van der Waals surface area contributed by atoms with E-state index in [4.69, 9.17) is 11.6 Å². The SMILES string of the molecule is Cc1cc(C(=O)CSc2nc3ccccc3c(=O)n2-c2ccc(OC(F)F)cc2)c(C)n1-c1ccc(F)c(Cl)c1. The largest absolute Gasteiger partial charge is 0.435 e. The fourth-order valence-corrected chi connectivity index (χ4v) is 5.56. The molecule has 0 aliphatic carbocycles. The van der Waals surface area contributed by atoms with Gasteiger partial charge in [-0.25, -0.2) is 9.37 Å². The molecule has 204 valence electrons. The molecule has 0 N–H and O–H groups in total. The number of hydrogen-bond donors (Lipinski definition) is 0. The molecule has 2 aromatic heterocycles. The van der Waals surface area contributed by atoms with Crippen molar-refractivity contribution in [2.45, 2.75) is 25.6 Å². The van der Waals surface area contributed by atoms with Crippen LogP contribution in [0.5, 0.6) is 5.75 Å². The predicted octanol–water partition coefficient (Wildman–Crippen LogP) is 7.16. The molecule has 0 saturated carbocycles. The smallest absolute Gasteiger partial charge is 0.387 e. The van der Waals surface area contributed by atoms with Crippen LogP contribution in [0.1, 0.15) is 21.7 Å². The molecule has 0 saturated heterocycles. The van der Waals surface area contributed by atoms with Gasteiger partial charge in [-0.15, -0.1) is 0 Å². The average molecular weight is 584 g/mol. The number of rotatable bonds is 8. The first kappa shape index (κ1) is 27.5. The Hall–Kier alpha value is -4.02. The van der Waals surface area contributed by atoms with E-state index in [-0.39, 0.29) is 33.0 Å². The number of halogens is 4. The molecule has 5 aromatic rings. The standard InChI is InChI=1S/C29H21ClF3N3O3S/c1-16-13-22(17(2)35(16)19-9-12-24(31)23(30)14-19)26(37)15-40-29-34-25-6-4-3-5-21(25)27(38)36(29)18-7-10-20(11-8-18)39-28(32)33/h3-14,28H,15H2,1-2H3. The topological polar surface area (TPSA) is 66.1 Å². The molecule has 0 bridgehead atoms. The highest BCUT2D eigenvalue weighted by Gasteiger charge is 2.20. The molecule has 0 unspecified atom stereocenters. The minimum atomic E-state index is -2.98. The van der Waals surface area contributed by atoms with Crippen LogP contribution in [-0.4, -0.2) is 32.3 Å². The number of para-hydroxylation sites is 1. The second-order valence-electron chi connectivity index (χ2n) is 8.85. The Bertz CT molecular complexity index is 1800. The lowest BCUT2D eigenvalue weighted by Crippen LogP contribution is -2.22. The molecule has 0 fully saturated rings. The van der Waals surface area contributed by atoms with Crippen LogP contribution in [0, 0.1) is 19.7 Å². The Balaban J connectivity index is 1.48. The summed E-state index contributed by atoms with van der Waals surface area (Å²) >= 11 is 7.06. The van der Waals surface area contributed by atoms with Crippen LogP contribution in [0.4, 0.5) is 13.2 Å². The van der Waals surface area contributed by atoms with Crippen LogP contribution < -0.4 is 10.3 Å². The van der Waals surface area contributed by atoms with Crippen molar-refractivity contribution in [1.29, 1.82) is 0 Å². The van der Waals surface area contributed by atoms with Crippen LogP contribution in [-0.2, 0) is 0 Å². The van der Waals surface area contributed by atoms with Crippen molar-refractivity contribution in [3.8, 4) is 17.1 Å². The lowest BCUT2D eigenvalue weighted by Gasteiger charge is -2.14. The van der Waals surface area contributed by atoms with Crippen LogP contribution in [0.15, 0.2) is 82.7 Å². The minimum Gasteiger partial charge on any atom is -0.435 e. The van der Waals surface area contributed by atoms with E-state index >= 15 is 0 Å². The maximum Gasteiger partial charge on any atom is 0.387 e. The van der Waals surface area contributed by atoms with Crippen LogP contribution in [0.2, 0.25) is 5.02 Å². The summed E-state index contributed by atoms with van der Waals surface area (Å²) in [6.45, 7) is 0.642. The third-order valence-electron chi connectivity index (χ3n) is 6.29. The summed E-state index contributed by atoms with van der Waals surface area (Å²) < 4.78 is 46.5. The van der Waals surface area contributed by atoms with E-state index in [2.05, 4.69) is 9.72 Å². The summed E-state index contributed by atoms with van der Waals surface area (Å²) in [4.78, 5) is 31.5. The highest BCUT2D eigenvalue weighted by molar-refractivity contribution is 7.99. The zero-order chi connectivity index (χ0) is 28.6. The zero-order valence-corrected chi connectivity index (χ0v) is 22.8. The van der Waals surface area contributed by atoms with E-state index in [1.165, 1.54) is 41.0 Å². The Labute approximate surface area is 236 Å². The molecule has 0 aliphatic rings. The summed E-state index contributed by atoms with van der Waals surface area (Å²) in [5.74, 6) is -0.827. The van der Waals surface area contributed by atoms with Gasteiger partial charge in [-0.3, -0.25) is 14.2 Å². The lowest BCUT2D eigenvalue weighted by atomic mass is 10.2. The maximum absolute atomic E-state index is 13.7. The van der Waals surface area contributed by atoms with E-state index in [0.29, 0.717) is 33.5 Å². The van der Waals surface area contributed by atoms with Gasteiger partial charge in [0.25, 0.3) is 5.56 Å². The molecular weight excluding hydrogens is 563 g/mol. The van der Waals surface area contributed by atoms with E-state index in [1.54, 1.807) is 43.3 Å². The molecule has 0 aliphatic heterocycles. The maximum atomic E-state index is 13.7. The van der Waals surface area contributed by atoms with Gasteiger partial charge in [0, 0.05) is 22.6 Å². The minimum absolute atomic E-state index is 0.0254. The fraction of sp³-hybridized carbons (Fsp3) is 0.138. The van der Waals surface area contributed by atoms with Crippen molar-refractivity contribution in [3.63, 3.8) is 0 Å². The highest BCUT2D eigenvalue weighted by atomic mass is 35.5. The first-order chi connectivity index (χ1) is 19.1. The second kappa shape index (κ2) is 11.2. The number of hydrogen-bond acceptors (Lipinski definition) is 5. The second-order valence-corrected chi connectivity index (χ2v) is 10.2. The molecule has 11 heteroatoms. The summed E-state index contributed by atoms with van der Waals surface area (Å²) in [5.41, 5.74) is 2.99. The number of aromatic nitrogens is 3. The van der Waals surface area contributed by atoms with Gasteiger partial charge >= 0.3 is 6.61 Å². The van der Waals surface area contributed by atoms with Crippen molar-refractivity contribution >= 4 is 40.0 Å². The Morgan fingerprint density at radius 1 is 1.00 bits per heavy atom. The number of thioether (sulfide) groups is 1. The number of Topliss-reactive ketones (excluding diaryl/α,β-unsaturated/α-hetero) is 1. The monoisotopic (exact) mass is 583 g/mol. The van der Waals surface area contributed by atoms with Crippen molar-refractivity contribution in [3.05, 3.63) is 111 Å². The molecule has 5 rings (SSSR count). The first-order valence-corrected chi connectivity index (χ1v) is 13.4. The third kappa shape index (κ3) is 5.37. The van der Waals surface area contributed by atoms with Crippen LogP contribution in [0.3, 0.4) is 0 Å². The van der Waals surface area contributed by atoms with E-state index in [1.807, 2.05) is 11.5 Å². The van der Waals surface area contributed by atoms with Crippen molar-refractivity contribution < 1.29 is 22.7 Å². The Morgan fingerprint density at radius 3 is 2.40 bits per heavy atom. The predicted molar refractivity (Wildman–Crippen MR) is 149 cm³/mol. The lowest BCUT2D eigenvalue weighted by molar-refractivity contribution is -0.0498. The van der Waals surface area contributed by atoms with Gasteiger partial charge in [0.15, 0.2) is 10.9 Å². The van der Waals surface area contributed by atoms with Gasteiger partial charge in [-0.05, 0) is 74.5 Å². The van der Waals surface area contributed by atoms with E-state index < -0.39 is 12.4 Å². The number of benzene rings is 3. The van der Waals surface area contributed by atoms with Crippen molar-refractivity contribution in [2.24, 2.45) is 0 Å². The molecule has 0 amide bonds. The van der Waals surface area contributed by atoms with E-state index in [0.717, 1.165) is 17.5 Å². The summed E-state index contributed by atoms with van der Waals surface area (Å²) in [5, 5.41) is 0.605. The van der Waals surface area contributed by atoms with Crippen LogP contribution >= 0.6 is 23.4 Å². The third-order valence-corrected chi connectivity index (χ3v) is 7.52. The highest BCUT2D eigenvalue weighted by Crippen LogP contribution is 2.28. The zero-order valence-electron chi connectivity index (χ0n) is 21.2. The molecule has 3 aromatic carbocycles. The normalized spacial score (nSPS) is 11.4. The summed E-state index contributed by atoms with van der Waals surface area (Å²) in [6.07, 6.45) is 0. The molecule has 0 atom stereocenters. The number of ether oxygens (including phenoxy) is 1. The fourth-order valence-electron chi connectivity index (χ4n) is 4.49. The van der Waals surface area contributed by atoms with Gasteiger partial charge < -0.3 is 9.30 Å². The molecule has 0 radical (unpaired) electrons. The molecule has 0 spiro atoms. The van der Waals surface area contributed by atoms with Gasteiger partial charge in [0.2, 0.25) is 0 Å². The van der Waals surface area contributed by atoms with Crippen molar-refractivity contribution in [1.82, 2.24) is 14.1 Å².